The third kappa shape index (κ3) is 5.04. The summed E-state index contributed by atoms with van der Waals surface area (Å²) in [4.78, 5) is 15.6. The van der Waals surface area contributed by atoms with Crippen molar-refractivity contribution in [1.82, 2.24) is 15.0 Å². The second kappa shape index (κ2) is 11.9. The first-order valence-corrected chi connectivity index (χ1v) is 17.1. The van der Waals surface area contributed by atoms with Gasteiger partial charge in [0, 0.05) is 27.5 Å². The Balaban J connectivity index is 1.18. The Kier molecular flexibility index (Phi) is 6.78. The Labute approximate surface area is 294 Å². The molecule has 0 bridgehead atoms. The lowest BCUT2D eigenvalue weighted by Gasteiger charge is -2.14. The smallest absolute Gasteiger partial charge is 0.164 e. The predicted molar refractivity (Wildman–Crippen MR) is 209 cm³/mol. The topological polar surface area (TPSA) is 51.8 Å². The number of hydrogen-bond donors (Lipinski definition) is 0. The van der Waals surface area contributed by atoms with Crippen molar-refractivity contribution >= 4 is 43.5 Å². The summed E-state index contributed by atoms with van der Waals surface area (Å²) in [6.45, 7) is 0. The zero-order chi connectivity index (χ0) is 33.7. The minimum atomic E-state index is 0.599. The Morgan fingerprint density at radius 2 is 0.882 bits per heavy atom. The van der Waals surface area contributed by atoms with Gasteiger partial charge in [-0.05, 0) is 68.1 Å². The highest BCUT2D eigenvalue weighted by Crippen LogP contribution is 2.39. The minimum Gasteiger partial charge on any atom is -0.456 e. The summed E-state index contributed by atoms with van der Waals surface area (Å²) >= 11 is 0. The molecule has 0 aliphatic carbocycles. The van der Waals surface area contributed by atoms with Crippen molar-refractivity contribution < 1.29 is 4.42 Å². The Morgan fingerprint density at radius 3 is 1.71 bits per heavy atom. The third-order valence-corrected chi connectivity index (χ3v) is 9.75. The molecule has 2 heterocycles. The van der Waals surface area contributed by atoms with E-state index in [1.54, 1.807) is 0 Å². The minimum absolute atomic E-state index is 0.599. The molecule has 10 rings (SSSR count). The molecule has 238 valence electrons. The van der Waals surface area contributed by atoms with Crippen LogP contribution >= 0.6 is 0 Å². The molecular formula is C47H29N3O. The van der Waals surface area contributed by atoms with Crippen LogP contribution in [-0.4, -0.2) is 15.0 Å². The van der Waals surface area contributed by atoms with E-state index in [1.165, 1.54) is 21.9 Å². The highest BCUT2D eigenvalue weighted by atomic mass is 16.3. The first-order valence-electron chi connectivity index (χ1n) is 17.1. The second-order valence-electron chi connectivity index (χ2n) is 12.8. The summed E-state index contributed by atoms with van der Waals surface area (Å²) in [5.41, 5.74) is 9.05. The van der Waals surface area contributed by atoms with Gasteiger partial charge < -0.3 is 4.42 Å². The van der Waals surface area contributed by atoms with Gasteiger partial charge in [0.05, 0.1) is 0 Å². The number of hydrogen-bond acceptors (Lipinski definition) is 4. The maximum atomic E-state index is 6.27. The highest BCUT2D eigenvalue weighted by Gasteiger charge is 2.19. The van der Waals surface area contributed by atoms with Crippen molar-refractivity contribution in [3.63, 3.8) is 0 Å². The van der Waals surface area contributed by atoms with E-state index in [4.69, 9.17) is 19.4 Å². The van der Waals surface area contributed by atoms with Crippen molar-refractivity contribution in [3.8, 4) is 56.4 Å². The van der Waals surface area contributed by atoms with Crippen LogP contribution in [0, 0.1) is 0 Å². The molecule has 0 saturated heterocycles. The maximum Gasteiger partial charge on any atom is 0.164 e. The summed E-state index contributed by atoms with van der Waals surface area (Å²) in [6.07, 6.45) is 0. The van der Waals surface area contributed by atoms with E-state index in [1.807, 2.05) is 36.4 Å². The SMILES string of the molecule is c1ccc(-c2ccc(-c3nc(-c4ccc(-c5ccc6ccccc6c5)c5ccccc45)nc(-c4cccc5oc6ccccc6c45)n3)cc2)cc1. The normalized spacial score (nSPS) is 11.5. The quantitative estimate of drug-likeness (QED) is 0.186. The van der Waals surface area contributed by atoms with Gasteiger partial charge in [-0.1, -0.05) is 152 Å². The monoisotopic (exact) mass is 651 g/mol. The summed E-state index contributed by atoms with van der Waals surface area (Å²) in [7, 11) is 0. The fraction of sp³-hybridized carbons (Fsp3) is 0. The lowest BCUT2D eigenvalue weighted by Crippen LogP contribution is -2.01. The van der Waals surface area contributed by atoms with E-state index in [0.717, 1.165) is 60.5 Å². The van der Waals surface area contributed by atoms with Crippen LogP contribution in [0.5, 0.6) is 0 Å². The number of fused-ring (bicyclic) bond motifs is 5. The van der Waals surface area contributed by atoms with E-state index < -0.39 is 0 Å². The Morgan fingerprint density at radius 1 is 0.314 bits per heavy atom. The molecule has 0 unspecified atom stereocenters. The standard InChI is InChI=1S/C47H29N3O/c1-2-11-30(12-3-1)32-21-24-33(25-22-32)45-48-46(50-47(49-45)41-18-10-20-43-44(41)40-17-8-9-19-42(40)51-43)39-28-27-36(37-15-6-7-16-38(37)39)35-26-23-31-13-4-5-14-34(31)29-35/h1-29H. The van der Waals surface area contributed by atoms with Crippen LogP contribution in [-0.2, 0) is 0 Å². The van der Waals surface area contributed by atoms with Crippen LogP contribution in [0.15, 0.2) is 180 Å². The lowest BCUT2D eigenvalue weighted by atomic mass is 9.93. The average Bonchev–Trinajstić information content (AvgIpc) is 3.59. The van der Waals surface area contributed by atoms with Crippen LogP contribution in [0.4, 0.5) is 0 Å². The number of furan rings is 1. The molecule has 2 aromatic heterocycles. The van der Waals surface area contributed by atoms with Gasteiger partial charge in [-0.2, -0.15) is 0 Å². The number of aromatic nitrogens is 3. The van der Waals surface area contributed by atoms with Gasteiger partial charge in [-0.3, -0.25) is 0 Å². The molecule has 0 radical (unpaired) electrons. The van der Waals surface area contributed by atoms with Gasteiger partial charge in [0.25, 0.3) is 0 Å². The molecule has 0 saturated carbocycles. The third-order valence-electron chi connectivity index (χ3n) is 9.75. The highest BCUT2D eigenvalue weighted by molar-refractivity contribution is 6.12. The number of benzene rings is 8. The van der Waals surface area contributed by atoms with Crippen molar-refractivity contribution in [1.29, 1.82) is 0 Å². The fourth-order valence-corrected chi connectivity index (χ4v) is 7.25. The van der Waals surface area contributed by atoms with E-state index in [2.05, 4.69) is 140 Å². The maximum absolute atomic E-state index is 6.27. The summed E-state index contributed by atoms with van der Waals surface area (Å²) in [6, 6.07) is 61.1. The molecule has 10 aromatic rings. The van der Waals surface area contributed by atoms with Gasteiger partial charge in [-0.15, -0.1) is 0 Å². The number of rotatable bonds is 5. The number of para-hydroxylation sites is 1. The van der Waals surface area contributed by atoms with Crippen molar-refractivity contribution in [2.75, 3.05) is 0 Å². The molecule has 4 heteroatoms. The molecule has 0 spiro atoms. The zero-order valence-electron chi connectivity index (χ0n) is 27.5. The van der Waals surface area contributed by atoms with Crippen molar-refractivity contribution in [3.05, 3.63) is 176 Å². The first-order chi connectivity index (χ1) is 25.3. The van der Waals surface area contributed by atoms with Gasteiger partial charge in [0.2, 0.25) is 0 Å². The molecule has 8 aromatic carbocycles. The van der Waals surface area contributed by atoms with Crippen molar-refractivity contribution in [2.24, 2.45) is 0 Å². The first kappa shape index (κ1) is 29.0. The van der Waals surface area contributed by atoms with Gasteiger partial charge in [-0.25, -0.2) is 15.0 Å². The lowest BCUT2D eigenvalue weighted by molar-refractivity contribution is 0.669. The molecule has 0 aliphatic heterocycles. The van der Waals surface area contributed by atoms with Crippen LogP contribution in [0.2, 0.25) is 0 Å². The predicted octanol–water partition coefficient (Wildman–Crippen LogP) is 12.4. The van der Waals surface area contributed by atoms with Gasteiger partial charge in [0.1, 0.15) is 11.2 Å². The number of nitrogens with zero attached hydrogens (tertiary/aromatic N) is 3. The van der Waals surface area contributed by atoms with Crippen LogP contribution < -0.4 is 0 Å². The Bertz CT molecular complexity index is 2910. The summed E-state index contributed by atoms with van der Waals surface area (Å²) in [5.74, 6) is 1.83. The van der Waals surface area contributed by atoms with E-state index in [-0.39, 0.29) is 0 Å². The molecular weight excluding hydrogens is 623 g/mol. The average molecular weight is 652 g/mol. The zero-order valence-corrected chi connectivity index (χ0v) is 27.5. The van der Waals surface area contributed by atoms with E-state index in [9.17, 15) is 0 Å². The van der Waals surface area contributed by atoms with Gasteiger partial charge >= 0.3 is 0 Å². The molecule has 0 atom stereocenters. The van der Waals surface area contributed by atoms with Crippen molar-refractivity contribution in [2.45, 2.75) is 0 Å². The van der Waals surface area contributed by atoms with E-state index in [0.29, 0.717) is 17.5 Å². The largest absolute Gasteiger partial charge is 0.456 e. The summed E-state index contributed by atoms with van der Waals surface area (Å²) in [5, 5.41) is 6.69. The molecule has 0 fully saturated rings. The summed E-state index contributed by atoms with van der Waals surface area (Å²) < 4.78 is 6.27. The van der Waals surface area contributed by atoms with E-state index >= 15 is 0 Å². The molecule has 0 amide bonds. The van der Waals surface area contributed by atoms with Gasteiger partial charge in [0.15, 0.2) is 17.5 Å². The molecule has 0 N–H and O–H groups in total. The van der Waals surface area contributed by atoms with Crippen LogP contribution in [0.25, 0.3) is 99.9 Å². The second-order valence-corrected chi connectivity index (χ2v) is 12.8. The molecule has 51 heavy (non-hydrogen) atoms. The van der Waals surface area contributed by atoms with Crippen LogP contribution in [0.3, 0.4) is 0 Å². The Hall–Kier alpha value is -6.91. The van der Waals surface area contributed by atoms with Crippen LogP contribution in [0.1, 0.15) is 0 Å². The molecule has 0 aliphatic rings. The fourth-order valence-electron chi connectivity index (χ4n) is 7.25. The molecule has 4 nitrogen and oxygen atoms in total.